The van der Waals surface area contributed by atoms with Gasteiger partial charge in [0.25, 0.3) is 0 Å². The smallest absolute Gasteiger partial charge is 0.409 e. The zero-order valence-corrected chi connectivity index (χ0v) is 16.7. The van der Waals surface area contributed by atoms with E-state index >= 15 is 0 Å². The highest BCUT2D eigenvalue weighted by molar-refractivity contribution is 5.89. The van der Waals surface area contributed by atoms with Crippen LogP contribution in [-0.2, 0) is 4.74 Å². The summed E-state index contributed by atoms with van der Waals surface area (Å²) in [5.41, 5.74) is 1.56. The third kappa shape index (κ3) is 3.83. The number of carbonyl (C=O) groups excluding carboxylic acids is 1. The van der Waals surface area contributed by atoms with Crippen LogP contribution in [0.15, 0.2) is 24.8 Å². The molecule has 7 nitrogen and oxygen atoms in total. The summed E-state index contributed by atoms with van der Waals surface area (Å²) >= 11 is 0. The molecule has 0 aliphatic carbocycles. The van der Waals surface area contributed by atoms with Crippen LogP contribution in [0.1, 0.15) is 25.8 Å². The van der Waals surface area contributed by atoms with Crippen molar-refractivity contribution in [1.82, 2.24) is 9.88 Å². The molecular weight excluding hydrogens is 360 g/mol. The number of rotatable bonds is 6. The molecule has 3 rings (SSSR count). The van der Waals surface area contributed by atoms with Gasteiger partial charge in [-0.1, -0.05) is 12.7 Å². The average molecular weight is 386 g/mol. The molecule has 0 saturated carbocycles. The lowest BCUT2D eigenvalue weighted by molar-refractivity contribution is 0.117. The number of aromatic nitrogens is 1. The molecule has 1 fully saturated rings. The number of benzene rings is 1. The number of pyridine rings is 1. The lowest BCUT2D eigenvalue weighted by atomic mass is 10.1. The standard InChI is InChI=1S/C21H26N2O5/c1-6-14-9-16-17(10-18(14)25-4)22-20(27-7-2)11-19(16)28-15-8-13(3)23(12-15)21(24)26-5/h6,9-11,13,15H,1,7-8,12H2,2-5H3/t13-,15-/m1/s1. The zero-order chi connectivity index (χ0) is 20.3. The molecule has 2 aromatic rings. The Bertz CT molecular complexity index is 883. The van der Waals surface area contributed by atoms with Gasteiger partial charge in [0.15, 0.2) is 0 Å². The summed E-state index contributed by atoms with van der Waals surface area (Å²) in [5.74, 6) is 1.82. The predicted molar refractivity (Wildman–Crippen MR) is 107 cm³/mol. The first-order chi connectivity index (χ1) is 13.5. The Morgan fingerprint density at radius 2 is 2.11 bits per heavy atom. The molecular formula is C21H26N2O5. The topological polar surface area (TPSA) is 70.1 Å². The third-order valence-corrected chi connectivity index (χ3v) is 4.85. The number of hydrogen-bond acceptors (Lipinski definition) is 6. The second kappa shape index (κ2) is 8.37. The summed E-state index contributed by atoms with van der Waals surface area (Å²) < 4.78 is 22.2. The second-order valence-electron chi connectivity index (χ2n) is 6.65. The van der Waals surface area contributed by atoms with Crippen LogP contribution >= 0.6 is 0 Å². The first-order valence-electron chi connectivity index (χ1n) is 9.29. The normalized spacial score (nSPS) is 18.8. The molecule has 0 radical (unpaired) electrons. The highest BCUT2D eigenvalue weighted by Gasteiger charge is 2.34. The first kappa shape index (κ1) is 19.8. The summed E-state index contributed by atoms with van der Waals surface area (Å²) in [6.45, 7) is 8.70. The number of likely N-dealkylation sites (tertiary alicyclic amines) is 1. The van der Waals surface area contributed by atoms with Gasteiger partial charge in [0.05, 0.1) is 32.9 Å². The van der Waals surface area contributed by atoms with E-state index in [1.54, 1.807) is 24.2 Å². The minimum absolute atomic E-state index is 0.0424. The van der Waals surface area contributed by atoms with Gasteiger partial charge >= 0.3 is 6.09 Å². The molecule has 1 aliphatic rings. The van der Waals surface area contributed by atoms with Gasteiger partial charge in [0.1, 0.15) is 17.6 Å². The minimum Gasteiger partial charge on any atom is -0.496 e. The Balaban J connectivity index is 1.99. The summed E-state index contributed by atoms with van der Waals surface area (Å²) in [6.07, 6.45) is 1.96. The molecule has 1 saturated heterocycles. The molecule has 0 bridgehead atoms. The van der Waals surface area contributed by atoms with E-state index in [4.69, 9.17) is 18.9 Å². The zero-order valence-electron chi connectivity index (χ0n) is 16.7. The van der Waals surface area contributed by atoms with Crippen molar-refractivity contribution in [3.05, 3.63) is 30.3 Å². The Kier molecular flexibility index (Phi) is 5.92. The maximum absolute atomic E-state index is 11.9. The summed E-state index contributed by atoms with van der Waals surface area (Å²) in [6, 6.07) is 5.62. The Hall–Kier alpha value is -2.96. The van der Waals surface area contributed by atoms with Crippen LogP contribution in [0.25, 0.3) is 17.0 Å². The van der Waals surface area contributed by atoms with Gasteiger partial charge in [-0.15, -0.1) is 0 Å². The number of amides is 1. The average Bonchev–Trinajstić information content (AvgIpc) is 3.06. The van der Waals surface area contributed by atoms with E-state index < -0.39 is 0 Å². The van der Waals surface area contributed by atoms with Gasteiger partial charge in [-0.2, -0.15) is 0 Å². The van der Waals surface area contributed by atoms with E-state index in [0.717, 1.165) is 10.9 Å². The monoisotopic (exact) mass is 386 g/mol. The van der Waals surface area contributed by atoms with Crippen molar-refractivity contribution >= 4 is 23.1 Å². The maximum atomic E-state index is 11.9. The van der Waals surface area contributed by atoms with Crippen molar-refractivity contribution in [1.29, 1.82) is 0 Å². The van der Waals surface area contributed by atoms with Crippen LogP contribution in [0.3, 0.4) is 0 Å². The van der Waals surface area contributed by atoms with Gasteiger partial charge in [-0.25, -0.2) is 9.78 Å². The van der Waals surface area contributed by atoms with Gasteiger partial charge < -0.3 is 23.8 Å². The minimum atomic E-state index is -0.341. The lowest BCUT2D eigenvalue weighted by Gasteiger charge is -2.19. The van der Waals surface area contributed by atoms with E-state index in [1.165, 1.54) is 7.11 Å². The number of fused-ring (bicyclic) bond motifs is 1. The van der Waals surface area contributed by atoms with Crippen molar-refractivity contribution in [2.45, 2.75) is 32.4 Å². The molecule has 2 atom stereocenters. The SMILES string of the molecule is C=Cc1cc2c(O[C@@H]3C[C@@H](C)N(C(=O)OC)C3)cc(OCC)nc2cc1OC. The van der Waals surface area contributed by atoms with Crippen LogP contribution in [0, 0.1) is 0 Å². The van der Waals surface area contributed by atoms with Crippen LogP contribution in [0.2, 0.25) is 0 Å². The Morgan fingerprint density at radius 3 is 2.75 bits per heavy atom. The molecule has 1 aromatic carbocycles. The fraction of sp³-hybridized carbons (Fsp3) is 0.429. The fourth-order valence-corrected chi connectivity index (χ4v) is 3.49. The number of methoxy groups -OCH3 is 2. The molecule has 150 valence electrons. The second-order valence-corrected chi connectivity index (χ2v) is 6.65. The number of nitrogens with zero attached hydrogens (tertiary/aromatic N) is 2. The fourth-order valence-electron chi connectivity index (χ4n) is 3.49. The van der Waals surface area contributed by atoms with Crippen molar-refractivity contribution in [3.63, 3.8) is 0 Å². The molecule has 28 heavy (non-hydrogen) atoms. The summed E-state index contributed by atoms with van der Waals surface area (Å²) in [4.78, 5) is 18.2. The molecule has 1 amide bonds. The van der Waals surface area contributed by atoms with Crippen molar-refractivity contribution in [3.8, 4) is 17.4 Å². The molecule has 0 unspecified atom stereocenters. The largest absolute Gasteiger partial charge is 0.496 e. The van der Waals surface area contributed by atoms with E-state index in [-0.39, 0.29) is 18.2 Å². The van der Waals surface area contributed by atoms with Crippen LogP contribution in [0.4, 0.5) is 4.79 Å². The van der Waals surface area contributed by atoms with Crippen molar-refractivity contribution in [2.75, 3.05) is 27.4 Å². The molecule has 0 N–H and O–H groups in total. The van der Waals surface area contributed by atoms with E-state index in [9.17, 15) is 4.79 Å². The highest BCUT2D eigenvalue weighted by Crippen LogP contribution is 2.35. The molecule has 7 heteroatoms. The maximum Gasteiger partial charge on any atom is 0.409 e. The summed E-state index contributed by atoms with van der Waals surface area (Å²) in [7, 11) is 3.00. The highest BCUT2D eigenvalue weighted by atomic mass is 16.5. The van der Waals surface area contributed by atoms with Gasteiger partial charge in [-0.05, 0) is 19.9 Å². The van der Waals surface area contributed by atoms with Crippen molar-refractivity contribution in [2.24, 2.45) is 0 Å². The number of ether oxygens (including phenoxy) is 4. The van der Waals surface area contributed by atoms with E-state index in [1.807, 2.05) is 26.0 Å². The number of hydrogen-bond donors (Lipinski definition) is 0. The van der Waals surface area contributed by atoms with E-state index in [0.29, 0.717) is 42.5 Å². The molecule has 0 spiro atoms. The van der Waals surface area contributed by atoms with Gasteiger partial charge in [0, 0.05) is 35.5 Å². The van der Waals surface area contributed by atoms with Crippen LogP contribution in [-0.4, -0.2) is 55.5 Å². The Labute approximate surface area is 164 Å². The predicted octanol–water partition coefficient (Wildman–Crippen LogP) is 3.89. The van der Waals surface area contributed by atoms with Crippen LogP contribution < -0.4 is 14.2 Å². The van der Waals surface area contributed by atoms with Gasteiger partial charge in [0.2, 0.25) is 5.88 Å². The molecule has 1 aliphatic heterocycles. The molecule has 1 aromatic heterocycles. The van der Waals surface area contributed by atoms with Gasteiger partial charge in [-0.3, -0.25) is 0 Å². The first-order valence-corrected chi connectivity index (χ1v) is 9.29. The quantitative estimate of drug-likeness (QED) is 0.750. The lowest BCUT2D eigenvalue weighted by Crippen LogP contribution is -2.34. The third-order valence-electron chi connectivity index (χ3n) is 4.85. The molecule has 2 heterocycles. The Morgan fingerprint density at radius 1 is 1.32 bits per heavy atom. The summed E-state index contributed by atoms with van der Waals surface area (Å²) in [5, 5.41) is 0.836. The van der Waals surface area contributed by atoms with E-state index in [2.05, 4.69) is 11.6 Å². The van der Waals surface area contributed by atoms with Crippen molar-refractivity contribution < 1.29 is 23.7 Å². The van der Waals surface area contributed by atoms with Crippen LogP contribution in [0.5, 0.6) is 17.4 Å². The number of carbonyl (C=O) groups is 1.